The maximum atomic E-state index is 3.25. The molecule has 1 saturated heterocycles. The second-order valence-electron chi connectivity index (χ2n) is 4.69. The summed E-state index contributed by atoms with van der Waals surface area (Å²) in [6, 6.07) is 4.40. The third-order valence-corrected chi connectivity index (χ3v) is 4.33. The number of halogens is 1. The van der Waals surface area contributed by atoms with Crippen LogP contribution in [0.1, 0.15) is 24.1 Å². The molecule has 0 aliphatic carbocycles. The van der Waals surface area contributed by atoms with E-state index in [1.54, 1.807) is 0 Å². The summed E-state index contributed by atoms with van der Waals surface area (Å²) in [5, 5.41) is 5.43. The van der Waals surface area contributed by atoms with Gasteiger partial charge < -0.3 is 5.32 Å². The lowest BCUT2D eigenvalue weighted by atomic mass is 9.93. The molecule has 2 nitrogen and oxygen atoms in total. The van der Waals surface area contributed by atoms with Gasteiger partial charge in [0.05, 0.1) is 0 Å². The molecule has 0 aromatic carbocycles. The zero-order valence-electron chi connectivity index (χ0n) is 10.5. The molecule has 2 rings (SSSR count). The second-order valence-corrected chi connectivity index (χ2v) is 5.72. The van der Waals surface area contributed by atoms with Crippen LogP contribution < -0.4 is 5.32 Å². The number of nitrogens with one attached hydrogen (secondary N) is 1. The third-order valence-electron chi connectivity index (χ3n) is 3.47. The van der Waals surface area contributed by atoms with Crippen molar-refractivity contribution in [2.75, 3.05) is 26.7 Å². The van der Waals surface area contributed by atoms with E-state index in [-0.39, 0.29) is 12.4 Å². The van der Waals surface area contributed by atoms with Gasteiger partial charge in [0.15, 0.2) is 0 Å². The largest absolute Gasteiger partial charge is 0.320 e. The summed E-state index contributed by atoms with van der Waals surface area (Å²) in [4.78, 5) is 4.11. The van der Waals surface area contributed by atoms with Crippen molar-refractivity contribution in [3.05, 3.63) is 22.4 Å². The number of piperidine rings is 1. The number of nitrogens with zero attached hydrogens (tertiary/aromatic N) is 1. The van der Waals surface area contributed by atoms with Crippen molar-refractivity contribution in [1.29, 1.82) is 0 Å². The van der Waals surface area contributed by atoms with E-state index < -0.39 is 0 Å². The first-order chi connectivity index (χ1) is 7.88. The van der Waals surface area contributed by atoms with Crippen molar-refractivity contribution < 1.29 is 0 Å². The fourth-order valence-electron chi connectivity index (χ4n) is 2.40. The molecular weight excluding hydrogens is 252 g/mol. The molecule has 1 aromatic rings. The predicted octanol–water partition coefficient (Wildman–Crippen LogP) is 2.99. The van der Waals surface area contributed by atoms with Gasteiger partial charge in [-0.15, -0.1) is 23.7 Å². The molecule has 0 spiro atoms. The smallest absolute Gasteiger partial charge is 0.0327 e. The monoisotopic (exact) mass is 274 g/mol. The maximum Gasteiger partial charge on any atom is 0.0327 e. The first-order valence-corrected chi connectivity index (χ1v) is 7.16. The zero-order valence-corrected chi connectivity index (χ0v) is 12.2. The molecule has 0 amide bonds. The van der Waals surface area contributed by atoms with Gasteiger partial charge in [0.1, 0.15) is 0 Å². The van der Waals surface area contributed by atoms with Crippen LogP contribution in [0, 0.1) is 5.92 Å². The van der Waals surface area contributed by atoms with Crippen molar-refractivity contribution in [2.45, 2.75) is 25.8 Å². The molecule has 17 heavy (non-hydrogen) atoms. The second kappa shape index (κ2) is 8.09. The average Bonchev–Trinajstić information content (AvgIpc) is 2.81. The molecule has 0 unspecified atom stereocenters. The normalized spacial score (nSPS) is 17.9. The van der Waals surface area contributed by atoms with Gasteiger partial charge in [-0.1, -0.05) is 6.07 Å². The molecule has 0 atom stereocenters. The van der Waals surface area contributed by atoms with Crippen molar-refractivity contribution in [3.8, 4) is 0 Å². The molecular formula is C13H23ClN2S. The molecule has 0 bridgehead atoms. The Bertz CT molecular complexity index is 282. The van der Waals surface area contributed by atoms with E-state index in [1.165, 1.54) is 43.8 Å². The van der Waals surface area contributed by atoms with E-state index >= 15 is 0 Å². The Balaban J connectivity index is 0.00000144. The fraction of sp³-hybridized carbons (Fsp3) is 0.692. The summed E-state index contributed by atoms with van der Waals surface area (Å²) in [6.45, 7) is 4.91. The highest BCUT2D eigenvalue weighted by atomic mass is 35.5. The fourth-order valence-corrected chi connectivity index (χ4v) is 3.15. The number of hydrogen-bond donors (Lipinski definition) is 1. The van der Waals surface area contributed by atoms with Crippen molar-refractivity contribution >= 4 is 23.7 Å². The minimum atomic E-state index is 0. The Kier molecular flexibility index (Phi) is 7.12. The lowest BCUT2D eigenvalue weighted by molar-refractivity contribution is 0.173. The Morgan fingerprint density at radius 3 is 2.76 bits per heavy atom. The standard InChI is InChI=1S/C13H22N2S.ClH/c1-14-7-4-12-5-8-15(9-6-12)11-13-3-2-10-16-13;/h2-3,10,12,14H,4-9,11H2,1H3;1H. The van der Waals surface area contributed by atoms with Crippen LogP contribution in [-0.2, 0) is 6.54 Å². The zero-order chi connectivity index (χ0) is 11.2. The summed E-state index contributed by atoms with van der Waals surface area (Å²) in [5.41, 5.74) is 0. The summed E-state index contributed by atoms with van der Waals surface area (Å²) < 4.78 is 0. The van der Waals surface area contributed by atoms with Crippen molar-refractivity contribution in [1.82, 2.24) is 10.2 Å². The topological polar surface area (TPSA) is 15.3 Å². The highest BCUT2D eigenvalue weighted by Gasteiger charge is 2.18. The van der Waals surface area contributed by atoms with Crippen LogP contribution in [0.2, 0.25) is 0 Å². The number of thiophene rings is 1. The average molecular weight is 275 g/mol. The van der Waals surface area contributed by atoms with Crippen LogP contribution in [0.25, 0.3) is 0 Å². The summed E-state index contributed by atoms with van der Waals surface area (Å²) in [6.07, 6.45) is 4.11. The van der Waals surface area contributed by atoms with Gasteiger partial charge in [0.2, 0.25) is 0 Å². The van der Waals surface area contributed by atoms with Gasteiger partial charge in [-0.3, -0.25) is 4.90 Å². The molecule has 1 aromatic heterocycles. The Morgan fingerprint density at radius 1 is 1.41 bits per heavy atom. The van der Waals surface area contributed by atoms with E-state index in [2.05, 4.69) is 27.7 Å². The maximum absolute atomic E-state index is 3.25. The third kappa shape index (κ3) is 4.96. The van der Waals surface area contributed by atoms with Gasteiger partial charge in [-0.05, 0) is 63.3 Å². The van der Waals surface area contributed by atoms with Gasteiger partial charge in [0, 0.05) is 11.4 Å². The van der Waals surface area contributed by atoms with E-state index in [1.807, 2.05) is 18.4 Å². The molecule has 0 radical (unpaired) electrons. The molecule has 98 valence electrons. The van der Waals surface area contributed by atoms with E-state index in [4.69, 9.17) is 0 Å². The lowest BCUT2D eigenvalue weighted by Gasteiger charge is -2.31. The number of likely N-dealkylation sites (tertiary alicyclic amines) is 1. The van der Waals surface area contributed by atoms with E-state index in [0.717, 1.165) is 12.5 Å². The van der Waals surface area contributed by atoms with E-state index in [9.17, 15) is 0 Å². The van der Waals surface area contributed by atoms with Crippen LogP contribution in [0.15, 0.2) is 17.5 Å². The van der Waals surface area contributed by atoms with Crippen LogP contribution >= 0.6 is 23.7 Å². The minimum absolute atomic E-state index is 0. The summed E-state index contributed by atoms with van der Waals surface area (Å²) >= 11 is 1.88. The molecule has 2 heterocycles. The highest BCUT2D eigenvalue weighted by Crippen LogP contribution is 2.22. The first-order valence-electron chi connectivity index (χ1n) is 6.28. The number of hydrogen-bond acceptors (Lipinski definition) is 3. The molecule has 0 saturated carbocycles. The van der Waals surface area contributed by atoms with Gasteiger partial charge in [-0.2, -0.15) is 0 Å². The van der Waals surface area contributed by atoms with Gasteiger partial charge in [-0.25, -0.2) is 0 Å². The van der Waals surface area contributed by atoms with Crippen molar-refractivity contribution in [3.63, 3.8) is 0 Å². The van der Waals surface area contributed by atoms with Crippen LogP contribution in [0.4, 0.5) is 0 Å². The first kappa shape index (κ1) is 15.0. The molecule has 1 N–H and O–H groups in total. The van der Waals surface area contributed by atoms with Gasteiger partial charge in [0.25, 0.3) is 0 Å². The van der Waals surface area contributed by atoms with Crippen LogP contribution in [0.3, 0.4) is 0 Å². The predicted molar refractivity (Wildman–Crippen MR) is 78.1 cm³/mol. The molecule has 1 aliphatic heterocycles. The summed E-state index contributed by atoms with van der Waals surface area (Å²) in [7, 11) is 2.05. The summed E-state index contributed by atoms with van der Waals surface area (Å²) in [5.74, 6) is 0.951. The quantitative estimate of drug-likeness (QED) is 0.888. The van der Waals surface area contributed by atoms with Gasteiger partial charge >= 0.3 is 0 Å². The SMILES string of the molecule is CNCCC1CCN(Cc2cccs2)CC1.Cl. The Hall–Kier alpha value is -0.0900. The van der Waals surface area contributed by atoms with Crippen molar-refractivity contribution in [2.24, 2.45) is 5.92 Å². The van der Waals surface area contributed by atoms with Crippen LogP contribution in [0.5, 0.6) is 0 Å². The molecule has 1 fully saturated rings. The Morgan fingerprint density at radius 2 is 2.18 bits per heavy atom. The molecule has 1 aliphatic rings. The lowest BCUT2D eigenvalue weighted by Crippen LogP contribution is -2.33. The Labute approximate surface area is 115 Å². The van der Waals surface area contributed by atoms with E-state index in [0.29, 0.717) is 0 Å². The minimum Gasteiger partial charge on any atom is -0.320 e. The molecule has 4 heteroatoms. The number of rotatable bonds is 5. The van der Waals surface area contributed by atoms with Crippen LogP contribution in [-0.4, -0.2) is 31.6 Å². The highest BCUT2D eigenvalue weighted by molar-refractivity contribution is 7.09.